The minimum Gasteiger partial charge on any atom is -0.473 e. The smallest absolute Gasteiger partial charge is 0.305 e. The van der Waals surface area contributed by atoms with E-state index in [-0.39, 0.29) is 12.0 Å². The third-order valence-corrected chi connectivity index (χ3v) is 6.72. The van der Waals surface area contributed by atoms with E-state index in [0.29, 0.717) is 18.9 Å². The van der Waals surface area contributed by atoms with Gasteiger partial charge in [-0.05, 0) is 57.2 Å². The van der Waals surface area contributed by atoms with Crippen LogP contribution in [0.4, 0.5) is 0 Å². The number of carbonyl (C=O) groups is 1. The Bertz CT molecular complexity index is 659. The first kappa shape index (κ1) is 32.4. The Morgan fingerprint density at radius 1 is 0.833 bits per heavy atom. The van der Waals surface area contributed by atoms with Crippen molar-refractivity contribution in [1.29, 1.82) is 0 Å². The fraction of sp³-hybridized carbons (Fsp3) is 0.774. The van der Waals surface area contributed by atoms with Crippen molar-refractivity contribution in [3.63, 3.8) is 0 Å². The monoisotopic (exact) mass is 505 g/mol. The second-order valence-corrected chi connectivity index (χ2v) is 10.6. The predicted octanol–water partition coefficient (Wildman–Crippen LogP) is 7.90. The number of rotatable bonds is 22. The first-order valence-corrected chi connectivity index (χ1v) is 14.7. The summed E-state index contributed by atoms with van der Waals surface area (Å²) in [5.74, 6) is 0.973. The fourth-order valence-corrected chi connectivity index (χ4v) is 4.52. The number of ether oxygens (including phenoxy) is 2. The van der Waals surface area contributed by atoms with Crippen molar-refractivity contribution in [2.45, 2.75) is 149 Å². The van der Waals surface area contributed by atoms with Gasteiger partial charge >= 0.3 is 5.97 Å². The lowest BCUT2D eigenvalue weighted by Crippen LogP contribution is -2.46. The Hall–Kier alpha value is -1.59. The molecule has 0 saturated carbocycles. The molecule has 0 saturated heterocycles. The van der Waals surface area contributed by atoms with E-state index in [1.54, 1.807) is 6.92 Å². The van der Waals surface area contributed by atoms with Gasteiger partial charge in [0, 0.05) is 12.5 Å². The van der Waals surface area contributed by atoms with Gasteiger partial charge in [0.2, 0.25) is 0 Å². The number of carbonyl (C=O) groups excluding carboxylic acids is 1. The largest absolute Gasteiger partial charge is 0.473 e. The lowest BCUT2D eigenvalue weighted by molar-refractivity contribution is -0.143. The maximum absolute atomic E-state index is 11.6. The molecule has 0 aliphatic carbocycles. The fourth-order valence-electron chi connectivity index (χ4n) is 4.52. The highest BCUT2D eigenvalue weighted by Gasteiger charge is 2.18. The second-order valence-electron chi connectivity index (χ2n) is 10.6. The Labute approximate surface area is 221 Å². The maximum Gasteiger partial charge on any atom is 0.305 e. The van der Waals surface area contributed by atoms with E-state index in [1.807, 2.05) is 32.9 Å². The first-order valence-electron chi connectivity index (χ1n) is 14.7. The second kappa shape index (κ2) is 20.5. The zero-order chi connectivity index (χ0) is 26.6. The summed E-state index contributed by atoms with van der Waals surface area (Å²) in [6, 6.07) is 8.42. The minimum atomic E-state index is -0.617. The van der Waals surface area contributed by atoms with Crippen LogP contribution in [0.5, 0.6) is 5.75 Å². The molecule has 0 amide bonds. The van der Waals surface area contributed by atoms with E-state index in [1.165, 1.54) is 76.2 Å². The topological polar surface area (TPSA) is 67.8 Å². The van der Waals surface area contributed by atoms with E-state index in [2.05, 4.69) is 24.4 Å². The van der Waals surface area contributed by atoms with Crippen LogP contribution in [0.2, 0.25) is 0 Å². The zero-order valence-corrected chi connectivity index (χ0v) is 23.9. The van der Waals surface area contributed by atoms with Crippen molar-refractivity contribution < 1.29 is 19.4 Å². The summed E-state index contributed by atoms with van der Waals surface area (Å²) in [5.41, 5.74) is 1.26. The summed E-state index contributed by atoms with van der Waals surface area (Å²) < 4.78 is 11.4. The Morgan fingerprint density at radius 3 is 1.89 bits per heavy atom. The quantitative estimate of drug-likeness (QED) is 0.0952. The van der Waals surface area contributed by atoms with Crippen LogP contribution in [0.3, 0.4) is 0 Å². The van der Waals surface area contributed by atoms with Gasteiger partial charge in [-0.1, -0.05) is 96.6 Å². The summed E-state index contributed by atoms with van der Waals surface area (Å²) in [6.07, 6.45) is 16.0. The average Bonchev–Trinajstić information content (AvgIpc) is 2.85. The Morgan fingerprint density at radius 2 is 1.39 bits per heavy atom. The molecule has 0 bridgehead atoms. The van der Waals surface area contributed by atoms with Crippen molar-refractivity contribution in [3.05, 3.63) is 29.8 Å². The lowest BCUT2D eigenvalue weighted by Gasteiger charge is -2.25. The third kappa shape index (κ3) is 15.5. The van der Waals surface area contributed by atoms with Crippen LogP contribution in [-0.4, -0.2) is 36.1 Å². The van der Waals surface area contributed by atoms with Crippen molar-refractivity contribution in [1.82, 2.24) is 5.32 Å². The summed E-state index contributed by atoms with van der Waals surface area (Å²) in [5, 5.41) is 13.3. The van der Waals surface area contributed by atoms with Gasteiger partial charge in [0.1, 0.15) is 11.9 Å². The number of nitrogens with one attached hydrogen (secondary N) is 1. The molecule has 0 aromatic heterocycles. The van der Waals surface area contributed by atoms with E-state index in [4.69, 9.17) is 9.47 Å². The van der Waals surface area contributed by atoms with E-state index in [9.17, 15) is 9.90 Å². The van der Waals surface area contributed by atoms with E-state index >= 15 is 0 Å². The van der Waals surface area contributed by atoms with Gasteiger partial charge in [0.05, 0.1) is 6.61 Å². The molecule has 0 heterocycles. The minimum absolute atomic E-state index is 0.131. The van der Waals surface area contributed by atoms with Gasteiger partial charge in [0.25, 0.3) is 0 Å². The normalized spacial score (nSPS) is 14.0. The zero-order valence-electron chi connectivity index (χ0n) is 23.9. The van der Waals surface area contributed by atoms with Gasteiger partial charge in [-0.3, -0.25) is 10.1 Å². The Balaban J connectivity index is 2.53. The molecule has 3 atom stereocenters. The molecule has 3 unspecified atom stereocenters. The summed E-state index contributed by atoms with van der Waals surface area (Å²) in [6.45, 7) is 10.4. The van der Waals surface area contributed by atoms with Crippen LogP contribution in [0, 0.1) is 0 Å². The molecule has 0 fully saturated rings. The van der Waals surface area contributed by atoms with Gasteiger partial charge in [-0.2, -0.15) is 0 Å². The van der Waals surface area contributed by atoms with Crippen LogP contribution in [-0.2, 0) is 9.53 Å². The molecule has 0 radical (unpaired) electrons. The first-order chi connectivity index (χ1) is 17.4. The highest BCUT2D eigenvalue weighted by atomic mass is 16.5. The van der Waals surface area contributed by atoms with Crippen molar-refractivity contribution in [2.24, 2.45) is 0 Å². The molecule has 5 nitrogen and oxygen atoms in total. The van der Waals surface area contributed by atoms with Crippen LogP contribution < -0.4 is 10.1 Å². The molecule has 208 valence electrons. The number of esters is 1. The molecule has 0 aliphatic rings. The highest BCUT2D eigenvalue weighted by Crippen LogP contribution is 2.28. The molecule has 0 spiro atoms. The van der Waals surface area contributed by atoms with Crippen LogP contribution >= 0.6 is 0 Å². The molecule has 1 rings (SSSR count). The van der Waals surface area contributed by atoms with Crippen LogP contribution in [0.15, 0.2) is 24.3 Å². The third-order valence-electron chi connectivity index (χ3n) is 6.72. The molecule has 5 heteroatoms. The maximum atomic E-state index is 11.6. The number of unbranched alkanes of at least 4 members (excludes halogenated alkanes) is 10. The average molecular weight is 506 g/mol. The number of aliphatic hydroxyl groups is 1. The number of benzene rings is 1. The van der Waals surface area contributed by atoms with Gasteiger partial charge < -0.3 is 14.6 Å². The number of aliphatic hydroxyl groups excluding tert-OH is 1. The van der Waals surface area contributed by atoms with Crippen molar-refractivity contribution in [3.8, 4) is 5.75 Å². The van der Waals surface area contributed by atoms with Gasteiger partial charge in [-0.25, -0.2) is 0 Å². The molecule has 1 aromatic carbocycles. The predicted molar refractivity (Wildman–Crippen MR) is 150 cm³/mol. The SMILES string of the molecule is CCCCCCCCCCCCCC(CCOC(=O)CC)c1ccc(OC(NC(C)C)C(C)O)cc1. The van der Waals surface area contributed by atoms with Crippen LogP contribution in [0.1, 0.15) is 136 Å². The lowest BCUT2D eigenvalue weighted by atomic mass is 9.90. The van der Waals surface area contributed by atoms with Gasteiger partial charge in [0.15, 0.2) is 6.23 Å². The van der Waals surface area contributed by atoms with E-state index in [0.717, 1.165) is 18.6 Å². The van der Waals surface area contributed by atoms with Crippen molar-refractivity contribution >= 4 is 5.97 Å². The summed E-state index contributed by atoms with van der Waals surface area (Å²) >= 11 is 0. The highest BCUT2D eigenvalue weighted by molar-refractivity contribution is 5.68. The molecule has 1 aromatic rings. The molecule has 2 N–H and O–H groups in total. The molecule has 0 aliphatic heterocycles. The Kier molecular flexibility index (Phi) is 18.4. The molecular weight excluding hydrogens is 450 g/mol. The van der Waals surface area contributed by atoms with E-state index < -0.39 is 12.3 Å². The molecular formula is C31H55NO4. The number of hydrogen-bond donors (Lipinski definition) is 2. The van der Waals surface area contributed by atoms with Gasteiger partial charge in [-0.15, -0.1) is 0 Å². The van der Waals surface area contributed by atoms with Crippen LogP contribution in [0.25, 0.3) is 0 Å². The molecule has 36 heavy (non-hydrogen) atoms. The number of hydrogen-bond acceptors (Lipinski definition) is 5. The van der Waals surface area contributed by atoms with Crippen molar-refractivity contribution in [2.75, 3.05) is 6.61 Å². The summed E-state index contributed by atoms with van der Waals surface area (Å²) in [4.78, 5) is 11.6. The summed E-state index contributed by atoms with van der Waals surface area (Å²) in [7, 11) is 0. The standard InChI is InChI=1S/C31H55NO4/c1-6-8-9-10-11-12-13-14-15-16-17-18-27(23-24-35-30(34)7-2)28-19-21-29(22-20-28)36-31(26(5)33)32-25(3)4/h19-22,25-27,31-33H,6-18,23-24H2,1-5H3.